The molecule has 0 saturated carbocycles. The molecule has 0 unspecified atom stereocenters. The molecule has 0 bridgehead atoms. The minimum atomic E-state index is -0.199. The van der Waals surface area contributed by atoms with E-state index in [0.717, 1.165) is 38.5 Å². The zero-order valence-corrected chi connectivity index (χ0v) is 16.5. The number of amides is 1. The average molecular weight is 374 g/mol. The highest BCUT2D eigenvalue weighted by molar-refractivity contribution is 7.10. The molecule has 1 fully saturated rings. The molecule has 1 aliphatic rings. The van der Waals surface area contributed by atoms with Gasteiger partial charge in [-0.1, -0.05) is 0 Å². The number of morpholine rings is 1. The van der Waals surface area contributed by atoms with Crippen molar-refractivity contribution in [3.8, 4) is 0 Å². The lowest BCUT2D eigenvalue weighted by Gasteiger charge is -2.29. The number of carbonyl (C=O) groups excluding carboxylic acids is 1. The predicted octanol–water partition coefficient (Wildman–Crippen LogP) is 3.35. The van der Waals surface area contributed by atoms with E-state index in [4.69, 9.17) is 4.74 Å². The van der Waals surface area contributed by atoms with Crippen LogP contribution >= 0.6 is 11.3 Å². The second-order valence-electron chi connectivity index (χ2n) is 6.75. The Labute approximate surface area is 159 Å². The Morgan fingerprint density at radius 1 is 1.27 bits per heavy atom. The molecule has 5 nitrogen and oxygen atoms in total. The smallest absolute Gasteiger partial charge is 0.241 e. The summed E-state index contributed by atoms with van der Waals surface area (Å²) in [5.41, 5.74) is 3.29. The van der Waals surface area contributed by atoms with Crippen LogP contribution in [-0.2, 0) is 16.1 Å². The molecule has 0 aliphatic carbocycles. The molecule has 3 rings (SSSR count). The fourth-order valence-corrected chi connectivity index (χ4v) is 3.92. The topological polar surface area (TPSA) is 44.8 Å². The summed E-state index contributed by atoms with van der Waals surface area (Å²) in [6.07, 6.45) is 0. The summed E-state index contributed by atoms with van der Waals surface area (Å²) in [4.78, 5) is 18.3. The Balaban J connectivity index is 1.55. The highest BCUT2D eigenvalue weighted by Crippen LogP contribution is 2.21. The number of benzene rings is 1. The Kier molecular flexibility index (Phi) is 6.29. The Bertz CT molecular complexity index is 723. The van der Waals surface area contributed by atoms with Crippen LogP contribution < -0.4 is 10.2 Å². The highest BCUT2D eigenvalue weighted by Gasteiger charge is 2.19. The van der Waals surface area contributed by atoms with Crippen LogP contribution in [0.3, 0.4) is 0 Å². The molecule has 6 heteroatoms. The standard InChI is InChI=1S/C20H27N3O2S/c1-15-8-13-26-19(15)14-22(3)16(2)20(24)21-17-4-6-18(7-5-17)23-9-11-25-12-10-23/h4-8,13,16H,9-12,14H2,1-3H3,(H,21,24)/t16-/m0/s1. The van der Waals surface area contributed by atoms with Crippen molar-refractivity contribution in [2.24, 2.45) is 0 Å². The van der Waals surface area contributed by atoms with Gasteiger partial charge in [-0.05, 0) is 62.2 Å². The Morgan fingerprint density at radius 3 is 2.58 bits per heavy atom. The van der Waals surface area contributed by atoms with Gasteiger partial charge in [0.1, 0.15) is 0 Å². The third-order valence-electron chi connectivity index (χ3n) is 4.91. The molecule has 1 atom stereocenters. The van der Waals surface area contributed by atoms with E-state index in [2.05, 4.69) is 45.6 Å². The molecule has 2 heterocycles. The summed E-state index contributed by atoms with van der Waals surface area (Å²) in [6, 6.07) is 9.98. The molecule has 1 aromatic carbocycles. The van der Waals surface area contributed by atoms with Gasteiger partial charge in [-0.25, -0.2) is 0 Å². The second kappa shape index (κ2) is 8.66. The third kappa shape index (κ3) is 4.63. The quantitative estimate of drug-likeness (QED) is 0.843. The molecule has 0 radical (unpaired) electrons. The van der Waals surface area contributed by atoms with Crippen molar-refractivity contribution in [1.29, 1.82) is 0 Å². The van der Waals surface area contributed by atoms with Crippen LogP contribution in [0.25, 0.3) is 0 Å². The molecule has 1 N–H and O–H groups in total. The summed E-state index contributed by atoms with van der Waals surface area (Å²) in [5.74, 6) is 0.0147. The predicted molar refractivity (Wildman–Crippen MR) is 108 cm³/mol. The van der Waals surface area contributed by atoms with Crippen LogP contribution in [0.2, 0.25) is 0 Å². The first-order valence-electron chi connectivity index (χ1n) is 9.01. The lowest BCUT2D eigenvalue weighted by atomic mass is 10.2. The maximum atomic E-state index is 12.6. The Morgan fingerprint density at radius 2 is 1.96 bits per heavy atom. The number of hydrogen-bond acceptors (Lipinski definition) is 5. The molecule has 1 aromatic heterocycles. The van der Waals surface area contributed by atoms with E-state index in [1.54, 1.807) is 11.3 Å². The maximum Gasteiger partial charge on any atom is 0.241 e. The van der Waals surface area contributed by atoms with Crippen molar-refractivity contribution < 1.29 is 9.53 Å². The highest BCUT2D eigenvalue weighted by atomic mass is 32.1. The monoisotopic (exact) mass is 373 g/mol. The van der Waals surface area contributed by atoms with Crippen molar-refractivity contribution >= 4 is 28.6 Å². The fraction of sp³-hybridized carbons (Fsp3) is 0.450. The second-order valence-corrected chi connectivity index (χ2v) is 7.75. The summed E-state index contributed by atoms with van der Waals surface area (Å²) >= 11 is 1.74. The first kappa shape index (κ1) is 18.9. The van der Waals surface area contributed by atoms with E-state index >= 15 is 0 Å². The van der Waals surface area contributed by atoms with E-state index in [0.29, 0.717) is 0 Å². The van der Waals surface area contributed by atoms with Gasteiger partial charge < -0.3 is 15.0 Å². The zero-order chi connectivity index (χ0) is 18.5. The van der Waals surface area contributed by atoms with Crippen LogP contribution in [0.1, 0.15) is 17.4 Å². The molecule has 2 aromatic rings. The molecular formula is C20H27N3O2S. The third-order valence-corrected chi connectivity index (χ3v) is 5.92. The van der Waals surface area contributed by atoms with Crippen molar-refractivity contribution in [3.63, 3.8) is 0 Å². The molecule has 26 heavy (non-hydrogen) atoms. The maximum absolute atomic E-state index is 12.6. The van der Waals surface area contributed by atoms with Gasteiger partial charge in [0.15, 0.2) is 0 Å². The van der Waals surface area contributed by atoms with Gasteiger partial charge in [0.05, 0.1) is 19.3 Å². The first-order chi connectivity index (χ1) is 12.5. The van der Waals surface area contributed by atoms with Crippen LogP contribution in [0.15, 0.2) is 35.7 Å². The SMILES string of the molecule is Cc1ccsc1CN(C)[C@@H](C)C(=O)Nc1ccc(N2CCOCC2)cc1. The van der Waals surface area contributed by atoms with Gasteiger partial charge in [0, 0.05) is 35.9 Å². The summed E-state index contributed by atoms with van der Waals surface area (Å²) in [5, 5.41) is 5.12. The molecular weight excluding hydrogens is 346 g/mol. The number of hydrogen-bond donors (Lipinski definition) is 1. The number of aryl methyl sites for hydroxylation is 1. The van der Waals surface area contributed by atoms with E-state index in [1.807, 2.05) is 26.1 Å². The lowest BCUT2D eigenvalue weighted by molar-refractivity contribution is -0.120. The average Bonchev–Trinajstić information content (AvgIpc) is 3.07. The number of rotatable bonds is 6. The molecule has 140 valence electrons. The van der Waals surface area contributed by atoms with Crippen LogP contribution in [0.4, 0.5) is 11.4 Å². The van der Waals surface area contributed by atoms with Gasteiger partial charge in [-0.2, -0.15) is 0 Å². The van der Waals surface area contributed by atoms with E-state index in [-0.39, 0.29) is 11.9 Å². The van der Waals surface area contributed by atoms with Gasteiger partial charge in [0.25, 0.3) is 0 Å². The molecule has 1 saturated heterocycles. The van der Waals surface area contributed by atoms with Crippen LogP contribution in [0.5, 0.6) is 0 Å². The zero-order valence-electron chi connectivity index (χ0n) is 15.7. The molecule has 1 aliphatic heterocycles. The first-order valence-corrected chi connectivity index (χ1v) is 9.89. The fourth-order valence-electron chi connectivity index (χ4n) is 2.95. The number of carbonyl (C=O) groups is 1. The normalized spacial score (nSPS) is 15.9. The van der Waals surface area contributed by atoms with Gasteiger partial charge >= 0.3 is 0 Å². The minimum Gasteiger partial charge on any atom is -0.378 e. The van der Waals surface area contributed by atoms with Gasteiger partial charge in [-0.15, -0.1) is 11.3 Å². The lowest BCUT2D eigenvalue weighted by Crippen LogP contribution is -2.39. The largest absolute Gasteiger partial charge is 0.378 e. The molecule has 1 amide bonds. The summed E-state index contributed by atoms with van der Waals surface area (Å²) in [7, 11) is 1.99. The Hall–Kier alpha value is -1.89. The van der Waals surface area contributed by atoms with Crippen molar-refractivity contribution in [3.05, 3.63) is 46.2 Å². The van der Waals surface area contributed by atoms with Gasteiger partial charge in [-0.3, -0.25) is 9.69 Å². The van der Waals surface area contributed by atoms with Crippen molar-refractivity contribution in [1.82, 2.24) is 4.90 Å². The van der Waals surface area contributed by atoms with E-state index < -0.39 is 0 Å². The molecule has 0 spiro atoms. The van der Waals surface area contributed by atoms with Crippen LogP contribution in [-0.4, -0.2) is 50.2 Å². The van der Waals surface area contributed by atoms with E-state index in [9.17, 15) is 4.79 Å². The number of nitrogens with one attached hydrogen (secondary N) is 1. The number of anilines is 2. The van der Waals surface area contributed by atoms with Crippen molar-refractivity contribution in [2.75, 3.05) is 43.6 Å². The van der Waals surface area contributed by atoms with Gasteiger partial charge in [0.2, 0.25) is 5.91 Å². The number of thiophene rings is 1. The van der Waals surface area contributed by atoms with Crippen molar-refractivity contribution in [2.45, 2.75) is 26.4 Å². The van der Waals surface area contributed by atoms with Crippen LogP contribution in [0, 0.1) is 6.92 Å². The summed E-state index contributed by atoms with van der Waals surface area (Å²) in [6.45, 7) is 8.21. The number of nitrogens with zero attached hydrogens (tertiary/aromatic N) is 2. The minimum absolute atomic E-state index is 0.0147. The summed E-state index contributed by atoms with van der Waals surface area (Å²) < 4.78 is 5.39. The number of likely N-dealkylation sites (N-methyl/N-ethyl adjacent to an activating group) is 1. The van der Waals surface area contributed by atoms with E-state index in [1.165, 1.54) is 16.1 Å². The number of ether oxygens (including phenoxy) is 1.